The minimum absolute atomic E-state index is 0.0143. The van der Waals surface area contributed by atoms with Crippen LogP contribution in [0.5, 0.6) is 0 Å². The average Bonchev–Trinajstić information content (AvgIpc) is 3.36. The van der Waals surface area contributed by atoms with Crippen molar-refractivity contribution in [2.45, 2.75) is 32.6 Å². The van der Waals surface area contributed by atoms with Crippen molar-refractivity contribution in [3.8, 4) is 0 Å². The Morgan fingerprint density at radius 1 is 1.20 bits per heavy atom. The Morgan fingerprint density at radius 2 is 1.87 bits per heavy atom. The van der Waals surface area contributed by atoms with E-state index in [1.54, 1.807) is 25.1 Å². The number of hydrogen-bond acceptors (Lipinski definition) is 5. The number of aromatic nitrogens is 2. The van der Waals surface area contributed by atoms with Gasteiger partial charge in [0.2, 0.25) is 15.9 Å². The van der Waals surface area contributed by atoms with Gasteiger partial charge < -0.3 is 9.80 Å². The second-order valence-corrected chi connectivity index (χ2v) is 11.5. The molecule has 0 aromatic carbocycles. The van der Waals surface area contributed by atoms with Gasteiger partial charge in [-0.1, -0.05) is 0 Å². The Morgan fingerprint density at radius 3 is 2.40 bits per heavy atom. The monoisotopic (exact) mass is 437 g/mol. The van der Waals surface area contributed by atoms with Crippen molar-refractivity contribution in [1.82, 2.24) is 24.3 Å². The predicted molar refractivity (Wildman–Crippen MR) is 111 cm³/mol. The zero-order valence-electron chi connectivity index (χ0n) is 18.1. The fourth-order valence-corrected chi connectivity index (χ4v) is 6.90. The number of H-pyrrole nitrogens is 1. The minimum atomic E-state index is -3.37. The molecule has 10 heteroatoms. The van der Waals surface area contributed by atoms with Crippen molar-refractivity contribution in [2.75, 3.05) is 46.5 Å². The molecular formula is C20H31N5O4S. The molecule has 4 rings (SSSR count). The molecule has 1 aromatic heterocycles. The smallest absolute Gasteiger partial charge is 0.274 e. The first-order chi connectivity index (χ1) is 14.0. The Balaban J connectivity index is 1.57. The summed E-state index contributed by atoms with van der Waals surface area (Å²) in [5, 5.41) is 6.90. The lowest BCUT2D eigenvalue weighted by molar-refractivity contribution is -0.141. The summed E-state index contributed by atoms with van der Waals surface area (Å²) in [6.45, 7) is 3.73. The van der Waals surface area contributed by atoms with E-state index >= 15 is 0 Å². The molecule has 1 N–H and O–H groups in total. The van der Waals surface area contributed by atoms with Crippen molar-refractivity contribution in [3.63, 3.8) is 0 Å². The largest absolute Gasteiger partial charge is 0.348 e. The average molecular weight is 438 g/mol. The summed E-state index contributed by atoms with van der Waals surface area (Å²) in [4.78, 5) is 29.5. The Bertz CT molecular complexity index is 964. The molecule has 1 aromatic rings. The molecular weight excluding hydrogens is 406 g/mol. The SMILES string of the molecule is Cc1cc(C(=O)N2CCC3(CC2)CC[C@@]2(C(=O)N(C)C)CN(S(C)(=O)=O)C[C@@H]32)n[nH]1. The number of aromatic amines is 1. The molecule has 30 heavy (non-hydrogen) atoms. The number of sulfonamides is 1. The number of nitrogens with one attached hydrogen (secondary N) is 1. The van der Waals surface area contributed by atoms with Crippen LogP contribution in [0, 0.1) is 23.7 Å². The summed E-state index contributed by atoms with van der Waals surface area (Å²) in [7, 11) is 0.122. The maximum Gasteiger partial charge on any atom is 0.274 e. The van der Waals surface area contributed by atoms with Gasteiger partial charge in [-0.25, -0.2) is 12.7 Å². The van der Waals surface area contributed by atoms with Crippen molar-refractivity contribution < 1.29 is 18.0 Å². The van der Waals surface area contributed by atoms with Gasteiger partial charge in [0.25, 0.3) is 5.91 Å². The van der Waals surface area contributed by atoms with E-state index < -0.39 is 15.4 Å². The van der Waals surface area contributed by atoms with Crippen LogP contribution in [0.4, 0.5) is 0 Å². The van der Waals surface area contributed by atoms with Crippen LogP contribution in [-0.2, 0) is 14.8 Å². The first-order valence-electron chi connectivity index (χ1n) is 10.5. The standard InChI is InChI=1S/C20H31N5O4S/c1-14-11-15(22-21-14)17(26)24-9-7-19(8-10-24)5-6-20(18(27)23(2)3)13-25(12-16(19)20)30(4,28)29/h11,16H,5-10,12-13H2,1-4H3,(H,21,22)/t16-,20+/m0/s1. The topological polar surface area (TPSA) is 107 Å². The molecule has 166 valence electrons. The Hall–Kier alpha value is -1.94. The molecule has 0 radical (unpaired) electrons. The highest BCUT2D eigenvalue weighted by atomic mass is 32.2. The summed E-state index contributed by atoms with van der Waals surface area (Å²) in [5.41, 5.74) is 0.513. The molecule has 2 amide bonds. The molecule has 0 bridgehead atoms. The number of piperidine rings is 1. The van der Waals surface area contributed by atoms with Gasteiger partial charge in [-0.2, -0.15) is 5.10 Å². The van der Waals surface area contributed by atoms with Crippen molar-refractivity contribution in [1.29, 1.82) is 0 Å². The van der Waals surface area contributed by atoms with Gasteiger partial charge in [-0.15, -0.1) is 0 Å². The number of carbonyl (C=O) groups excluding carboxylic acids is 2. The summed E-state index contributed by atoms with van der Waals surface area (Å²) in [6, 6.07) is 1.75. The van der Waals surface area contributed by atoms with Gasteiger partial charge in [0.05, 0.1) is 11.7 Å². The van der Waals surface area contributed by atoms with Crippen LogP contribution < -0.4 is 0 Å². The van der Waals surface area contributed by atoms with E-state index in [1.807, 2.05) is 11.8 Å². The number of carbonyl (C=O) groups is 2. The number of nitrogens with zero attached hydrogens (tertiary/aromatic N) is 4. The van der Waals surface area contributed by atoms with Gasteiger partial charge in [0.1, 0.15) is 5.69 Å². The molecule has 1 saturated carbocycles. The number of hydrogen-bond donors (Lipinski definition) is 1. The van der Waals surface area contributed by atoms with E-state index in [0.717, 1.165) is 25.0 Å². The van der Waals surface area contributed by atoms with Gasteiger partial charge in [-0.3, -0.25) is 14.7 Å². The van der Waals surface area contributed by atoms with E-state index in [4.69, 9.17) is 0 Å². The van der Waals surface area contributed by atoms with Gasteiger partial charge in [0, 0.05) is 46.0 Å². The molecule has 2 aliphatic heterocycles. The molecule has 1 spiro atoms. The second kappa shape index (κ2) is 7.05. The third-order valence-corrected chi connectivity index (χ3v) is 8.81. The normalized spacial score (nSPS) is 28.7. The van der Waals surface area contributed by atoms with Gasteiger partial charge >= 0.3 is 0 Å². The van der Waals surface area contributed by atoms with E-state index in [2.05, 4.69) is 10.2 Å². The molecule has 9 nitrogen and oxygen atoms in total. The third kappa shape index (κ3) is 3.24. The number of amides is 2. The molecule has 2 saturated heterocycles. The van der Waals surface area contributed by atoms with E-state index in [1.165, 1.54) is 10.6 Å². The number of likely N-dealkylation sites (tertiary alicyclic amines) is 1. The maximum absolute atomic E-state index is 13.2. The number of fused-ring (bicyclic) bond motifs is 2. The Kier molecular flexibility index (Phi) is 5.00. The highest BCUT2D eigenvalue weighted by Crippen LogP contribution is 2.62. The summed E-state index contributed by atoms with van der Waals surface area (Å²) < 4.78 is 26.1. The van der Waals surface area contributed by atoms with Crippen LogP contribution in [0.3, 0.4) is 0 Å². The van der Waals surface area contributed by atoms with E-state index in [9.17, 15) is 18.0 Å². The van der Waals surface area contributed by atoms with Crippen LogP contribution in [0.25, 0.3) is 0 Å². The van der Waals surface area contributed by atoms with Crippen LogP contribution in [0.15, 0.2) is 6.07 Å². The first kappa shape index (κ1) is 21.3. The lowest BCUT2D eigenvalue weighted by atomic mass is 9.65. The molecule has 3 heterocycles. The molecule has 0 unspecified atom stereocenters. The van der Waals surface area contributed by atoms with Crippen molar-refractivity contribution in [2.24, 2.45) is 16.7 Å². The zero-order valence-corrected chi connectivity index (χ0v) is 19.0. The molecule has 3 aliphatic rings. The quantitative estimate of drug-likeness (QED) is 0.749. The lowest BCUT2D eigenvalue weighted by Gasteiger charge is -2.44. The Labute approximate surface area is 177 Å². The van der Waals surface area contributed by atoms with Crippen LogP contribution in [0.2, 0.25) is 0 Å². The fourth-order valence-electron chi connectivity index (χ4n) is 6.01. The number of rotatable bonds is 3. The van der Waals surface area contributed by atoms with Gasteiger partial charge in [-0.05, 0) is 50.0 Å². The second-order valence-electron chi connectivity index (χ2n) is 9.55. The summed E-state index contributed by atoms with van der Waals surface area (Å²) >= 11 is 0. The molecule has 1 aliphatic carbocycles. The summed E-state index contributed by atoms with van der Waals surface area (Å²) in [5.74, 6) is -0.0625. The lowest BCUT2D eigenvalue weighted by Crippen LogP contribution is -2.49. The predicted octanol–water partition coefficient (Wildman–Crippen LogP) is 0.700. The third-order valence-electron chi connectivity index (χ3n) is 7.59. The molecule has 3 fully saturated rings. The summed E-state index contributed by atoms with van der Waals surface area (Å²) in [6.07, 6.45) is 4.40. The van der Waals surface area contributed by atoms with E-state index in [-0.39, 0.29) is 29.7 Å². The fraction of sp³-hybridized carbons (Fsp3) is 0.750. The highest BCUT2D eigenvalue weighted by molar-refractivity contribution is 7.88. The first-order valence-corrected chi connectivity index (χ1v) is 12.3. The zero-order chi connectivity index (χ0) is 21.9. The van der Waals surface area contributed by atoms with Crippen LogP contribution in [0.1, 0.15) is 41.9 Å². The van der Waals surface area contributed by atoms with Crippen molar-refractivity contribution >= 4 is 21.8 Å². The maximum atomic E-state index is 13.2. The van der Waals surface area contributed by atoms with Crippen LogP contribution in [-0.4, -0.2) is 91.1 Å². The van der Waals surface area contributed by atoms with Gasteiger partial charge in [0.15, 0.2) is 0 Å². The minimum Gasteiger partial charge on any atom is -0.348 e. The van der Waals surface area contributed by atoms with Crippen molar-refractivity contribution in [3.05, 3.63) is 17.5 Å². The highest BCUT2D eigenvalue weighted by Gasteiger charge is 2.65. The van der Waals surface area contributed by atoms with E-state index in [0.29, 0.717) is 31.7 Å². The van der Waals surface area contributed by atoms with Crippen LogP contribution >= 0.6 is 0 Å². The number of aryl methyl sites for hydroxylation is 1. The molecule has 2 atom stereocenters.